The Morgan fingerprint density at radius 1 is 1.46 bits per heavy atom. The predicted molar refractivity (Wildman–Crippen MR) is 90.8 cm³/mol. The summed E-state index contributed by atoms with van der Waals surface area (Å²) in [6.07, 6.45) is -1.43. The van der Waals surface area contributed by atoms with Gasteiger partial charge in [-0.25, -0.2) is 4.98 Å². The van der Waals surface area contributed by atoms with E-state index in [0.717, 1.165) is 24.1 Å². The molecule has 1 aromatic heterocycles. The third-order valence-electron chi connectivity index (χ3n) is 3.80. The van der Waals surface area contributed by atoms with Gasteiger partial charge in [0.2, 0.25) is 17.7 Å². The summed E-state index contributed by atoms with van der Waals surface area (Å²) >= 11 is 1.57. The molecule has 26 heavy (non-hydrogen) atoms. The second-order valence-electron chi connectivity index (χ2n) is 5.90. The number of amides is 2. The molecule has 0 radical (unpaired) electrons. The minimum atomic E-state index is -4.47. The van der Waals surface area contributed by atoms with Crippen LogP contribution in [0.4, 0.5) is 13.2 Å². The molecule has 10 heteroatoms. The van der Waals surface area contributed by atoms with E-state index in [-0.39, 0.29) is 30.8 Å². The normalized spacial score (nSPS) is 16.0. The first kappa shape index (κ1) is 20.3. The Hall–Kier alpha value is -1.97. The van der Waals surface area contributed by atoms with E-state index in [1.54, 1.807) is 11.8 Å². The van der Waals surface area contributed by atoms with E-state index in [0.29, 0.717) is 6.42 Å². The Morgan fingerprint density at radius 3 is 2.73 bits per heavy atom. The highest BCUT2D eigenvalue weighted by Gasteiger charge is 2.37. The number of likely N-dealkylation sites (tertiary alicyclic amines) is 1. The van der Waals surface area contributed by atoms with Crippen molar-refractivity contribution in [2.24, 2.45) is 0 Å². The molecule has 1 atom stereocenters. The van der Waals surface area contributed by atoms with Crippen molar-refractivity contribution in [1.82, 2.24) is 15.2 Å². The van der Waals surface area contributed by atoms with E-state index >= 15 is 0 Å². The van der Waals surface area contributed by atoms with Crippen LogP contribution in [0.1, 0.15) is 18.9 Å². The number of carbonyl (C=O) groups is 2. The van der Waals surface area contributed by atoms with Crippen molar-refractivity contribution in [3.05, 3.63) is 23.9 Å². The molecule has 1 aromatic rings. The van der Waals surface area contributed by atoms with Crippen LogP contribution in [0.15, 0.2) is 18.3 Å². The number of aromatic nitrogens is 1. The number of hydrogen-bond acceptors (Lipinski definition) is 5. The zero-order valence-electron chi connectivity index (χ0n) is 14.4. The fourth-order valence-electron chi connectivity index (χ4n) is 2.47. The van der Waals surface area contributed by atoms with E-state index < -0.39 is 23.9 Å². The third-order valence-corrected chi connectivity index (χ3v) is 4.44. The van der Waals surface area contributed by atoms with Crippen molar-refractivity contribution >= 4 is 23.6 Å². The van der Waals surface area contributed by atoms with Crippen LogP contribution in [0.25, 0.3) is 0 Å². The Morgan fingerprint density at radius 2 is 2.15 bits per heavy atom. The summed E-state index contributed by atoms with van der Waals surface area (Å²) in [7, 11) is 0. The highest BCUT2D eigenvalue weighted by atomic mass is 32.2. The minimum absolute atomic E-state index is 0.127. The van der Waals surface area contributed by atoms with Crippen molar-refractivity contribution in [2.75, 3.05) is 25.1 Å². The van der Waals surface area contributed by atoms with E-state index in [9.17, 15) is 22.8 Å². The second kappa shape index (κ2) is 8.61. The Labute approximate surface area is 153 Å². The maximum Gasteiger partial charge on any atom is 0.416 e. The molecule has 2 amide bonds. The monoisotopic (exact) mass is 391 g/mol. The van der Waals surface area contributed by atoms with Gasteiger partial charge in [-0.3, -0.25) is 9.59 Å². The number of halogens is 3. The fourth-order valence-corrected chi connectivity index (χ4v) is 2.94. The first-order valence-corrected chi connectivity index (χ1v) is 9.35. The van der Waals surface area contributed by atoms with Crippen LogP contribution in [-0.2, 0) is 15.8 Å². The number of nitrogens with one attached hydrogen (secondary N) is 1. The number of pyridine rings is 1. The summed E-state index contributed by atoms with van der Waals surface area (Å²) < 4.78 is 43.5. The highest BCUT2D eigenvalue weighted by Crippen LogP contribution is 2.31. The van der Waals surface area contributed by atoms with Gasteiger partial charge < -0.3 is 15.0 Å². The van der Waals surface area contributed by atoms with Gasteiger partial charge in [0, 0.05) is 19.2 Å². The number of carbonyl (C=O) groups excluding carboxylic acids is 2. The summed E-state index contributed by atoms with van der Waals surface area (Å²) in [5, 5.41) is 2.63. The molecular weight excluding hydrogens is 371 g/mol. The molecule has 0 spiro atoms. The lowest BCUT2D eigenvalue weighted by molar-refractivity contribution is -0.144. The number of thioether (sulfide) groups is 1. The van der Waals surface area contributed by atoms with Gasteiger partial charge in [-0.05, 0) is 24.5 Å². The molecule has 1 aliphatic rings. The standard InChI is InChI=1S/C16H20F3N3O3S/c1-10(23)21-13(4-6-26-2)15(24)22-8-12(9-22)25-14-7-11(3-5-20-14)16(17,18)19/h3,5,7,12-13H,4,6,8-9H2,1-2H3,(H,21,23). The molecule has 1 unspecified atom stereocenters. The molecule has 1 fully saturated rings. The molecule has 1 N–H and O–H groups in total. The number of rotatable bonds is 7. The van der Waals surface area contributed by atoms with E-state index in [4.69, 9.17) is 4.74 Å². The van der Waals surface area contributed by atoms with Crippen LogP contribution in [-0.4, -0.2) is 58.9 Å². The Balaban J connectivity index is 1.89. The number of ether oxygens (including phenoxy) is 1. The van der Waals surface area contributed by atoms with Crippen LogP contribution >= 0.6 is 11.8 Å². The molecule has 0 aromatic carbocycles. The number of nitrogens with zero attached hydrogens (tertiary/aromatic N) is 2. The van der Waals surface area contributed by atoms with Gasteiger partial charge in [0.15, 0.2) is 0 Å². The minimum Gasteiger partial charge on any atom is -0.471 e. The molecule has 1 saturated heterocycles. The Bertz CT molecular complexity index is 651. The second-order valence-corrected chi connectivity index (χ2v) is 6.88. The smallest absolute Gasteiger partial charge is 0.416 e. The summed E-state index contributed by atoms with van der Waals surface area (Å²) in [5.41, 5.74) is -0.836. The highest BCUT2D eigenvalue weighted by molar-refractivity contribution is 7.98. The number of alkyl halides is 3. The summed E-state index contributed by atoms with van der Waals surface area (Å²) in [6, 6.07) is 1.10. The topological polar surface area (TPSA) is 71.5 Å². The SMILES string of the molecule is CSCCC(NC(C)=O)C(=O)N1CC(Oc2cc(C(F)(F)F)ccn2)C1. The molecule has 2 heterocycles. The molecular formula is C16H20F3N3O3S. The lowest BCUT2D eigenvalue weighted by Crippen LogP contribution is -2.61. The Kier molecular flexibility index (Phi) is 6.74. The molecule has 0 saturated carbocycles. The van der Waals surface area contributed by atoms with Crippen molar-refractivity contribution < 1.29 is 27.5 Å². The maximum atomic E-state index is 12.7. The van der Waals surface area contributed by atoms with Crippen LogP contribution in [0.5, 0.6) is 5.88 Å². The van der Waals surface area contributed by atoms with Crippen LogP contribution in [0, 0.1) is 0 Å². The molecule has 6 nitrogen and oxygen atoms in total. The molecule has 1 aliphatic heterocycles. The first-order valence-electron chi connectivity index (χ1n) is 7.95. The van der Waals surface area contributed by atoms with Crippen LogP contribution in [0.2, 0.25) is 0 Å². The molecule has 2 rings (SSSR count). The predicted octanol–water partition coefficient (Wildman–Crippen LogP) is 1.95. The lowest BCUT2D eigenvalue weighted by atomic mass is 10.1. The molecule has 0 bridgehead atoms. The van der Waals surface area contributed by atoms with E-state index in [2.05, 4.69) is 10.3 Å². The third kappa shape index (κ3) is 5.52. The van der Waals surface area contributed by atoms with Crippen molar-refractivity contribution in [3.63, 3.8) is 0 Å². The van der Waals surface area contributed by atoms with Crippen LogP contribution in [0.3, 0.4) is 0 Å². The van der Waals surface area contributed by atoms with Crippen LogP contribution < -0.4 is 10.1 Å². The van der Waals surface area contributed by atoms with Crippen molar-refractivity contribution in [3.8, 4) is 5.88 Å². The van der Waals surface area contributed by atoms with Gasteiger partial charge in [0.05, 0.1) is 18.7 Å². The zero-order valence-corrected chi connectivity index (χ0v) is 15.2. The van der Waals surface area contributed by atoms with Gasteiger partial charge in [0.25, 0.3) is 0 Å². The van der Waals surface area contributed by atoms with Gasteiger partial charge >= 0.3 is 6.18 Å². The van der Waals surface area contributed by atoms with E-state index in [1.807, 2.05) is 6.26 Å². The lowest BCUT2D eigenvalue weighted by Gasteiger charge is -2.40. The maximum absolute atomic E-state index is 12.7. The molecule has 144 valence electrons. The number of hydrogen-bond donors (Lipinski definition) is 1. The molecule has 0 aliphatic carbocycles. The average molecular weight is 391 g/mol. The van der Waals surface area contributed by atoms with Gasteiger partial charge in [-0.15, -0.1) is 0 Å². The summed E-state index contributed by atoms with van der Waals surface area (Å²) in [4.78, 5) is 29.0. The van der Waals surface area contributed by atoms with Gasteiger partial charge in [-0.2, -0.15) is 24.9 Å². The summed E-state index contributed by atoms with van der Waals surface area (Å²) in [5.74, 6) is 0.0910. The first-order chi connectivity index (χ1) is 12.2. The van der Waals surface area contributed by atoms with Crippen molar-refractivity contribution in [1.29, 1.82) is 0 Å². The fraction of sp³-hybridized carbons (Fsp3) is 0.562. The quantitative estimate of drug-likeness (QED) is 0.769. The zero-order chi connectivity index (χ0) is 19.3. The van der Waals surface area contributed by atoms with Gasteiger partial charge in [-0.1, -0.05) is 0 Å². The van der Waals surface area contributed by atoms with Gasteiger partial charge in [0.1, 0.15) is 12.1 Å². The van der Waals surface area contributed by atoms with Crippen molar-refractivity contribution in [2.45, 2.75) is 31.7 Å². The van der Waals surface area contributed by atoms with E-state index in [1.165, 1.54) is 11.8 Å². The summed E-state index contributed by atoms with van der Waals surface area (Å²) in [6.45, 7) is 1.83. The largest absolute Gasteiger partial charge is 0.471 e. The average Bonchev–Trinajstić information content (AvgIpc) is 2.53.